The van der Waals surface area contributed by atoms with Gasteiger partial charge < -0.3 is 15.4 Å². The number of rotatable bonds is 9. The summed E-state index contributed by atoms with van der Waals surface area (Å²) in [6.07, 6.45) is 9.34. The number of hydrogen-bond donors (Lipinski definition) is 2. The van der Waals surface area contributed by atoms with E-state index in [2.05, 4.69) is 26.0 Å². The molecule has 4 heteroatoms. The van der Waals surface area contributed by atoms with E-state index in [-0.39, 0.29) is 6.04 Å². The largest absolute Gasteiger partial charge is 0.491 e. The lowest BCUT2D eigenvalue weighted by molar-refractivity contribution is 0.274. The fraction of sp³-hybridized carbons (Fsp3) is 0.667. The van der Waals surface area contributed by atoms with E-state index in [0.29, 0.717) is 6.61 Å². The van der Waals surface area contributed by atoms with Crippen molar-refractivity contribution >= 4 is 12.6 Å². The highest BCUT2D eigenvalue weighted by Gasteiger charge is 2.29. The van der Waals surface area contributed by atoms with E-state index in [4.69, 9.17) is 10.4 Å². The Bertz CT molecular complexity index is 476. The molecule has 122 valence electrons. The van der Waals surface area contributed by atoms with Gasteiger partial charge in [-0.2, -0.15) is 0 Å². The highest BCUT2D eigenvalue weighted by atomic mass is 16.5. The third-order valence-corrected chi connectivity index (χ3v) is 4.51. The maximum absolute atomic E-state index is 10.0. The van der Waals surface area contributed by atoms with Gasteiger partial charge in [-0.15, -0.1) is 0 Å². The van der Waals surface area contributed by atoms with Crippen molar-refractivity contribution in [2.24, 2.45) is 5.73 Å². The summed E-state index contributed by atoms with van der Waals surface area (Å²) in [6, 6.07) is 4.73. The van der Waals surface area contributed by atoms with E-state index < -0.39 is 7.12 Å². The van der Waals surface area contributed by atoms with Crippen LogP contribution in [0, 0.1) is 0 Å². The molecule has 1 aliphatic rings. The number of benzene rings is 1. The second kappa shape index (κ2) is 8.71. The third-order valence-electron chi connectivity index (χ3n) is 4.51. The number of hydrogen-bond acceptors (Lipinski definition) is 3. The average molecular weight is 303 g/mol. The Morgan fingerprint density at radius 1 is 1.23 bits per heavy atom. The molecule has 1 atom stereocenters. The Balaban J connectivity index is 2.06. The highest BCUT2D eigenvalue weighted by molar-refractivity contribution is 6.61. The van der Waals surface area contributed by atoms with Gasteiger partial charge in [0.25, 0.3) is 0 Å². The van der Waals surface area contributed by atoms with Gasteiger partial charge in [-0.25, -0.2) is 0 Å². The van der Waals surface area contributed by atoms with Gasteiger partial charge in [-0.05, 0) is 61.2 Å². The van der Waals surface area contributed by atoms with Crippen molar-refractivity contribution in [1.29, 1.82) is 0 Å². The zero-order valence-electron chi connectivity index (χ0n) is 14.1. The van der Waals surface area contributed by atoms with Crippen LogP contribution in [0.2, 0.25) is 0 Å². The monoisotopic (exact) mass is 303 g/mol. The first-order chi connectivity index (χ1) is 10.6. The molecular formula is C18H30BNO2. The zero-order valence-corrected chi connectivity index (χ0v) is 14.1. The van der Waals surface area contributed by atoms with Crippen LogP contribution in [-0.2, 0) is 24.1 Å². The second-order valence-corrected chi connectivity index (χ2v) is 6.67. The smallest absolute Gasteiger partial charge is 0.423 e. The molecule has 1 aliphatic heterocycles. The first-order valence-corrected chi connectivity index (χ1v) is 8.81. The van der Waals surface area contributed by atoms with Crippen LogP contribution in [0.25, 0.3) is 0 Å². The molecule has 1 aromatic rings. The van der Waals surface area contributed by atoms with Crippen molar-refractivity contribution in [2.45, 2.75) is 77.9 Å². The summed E-state index contributed by atoms with van der Waals surface area (Å²) in [7, 11) is -0.738. The Morgan fingerprint density at radius 2 is 2.05 bits per heavy atom. The summed E-state index contributed by atoms with van der Waals surface area (Å²) >= 11 is 0. The van der Waals surface area contributed by atoms with Gasteiger partial charge in [-0.3, -0.25) is 0 Å². The number of unbranched alkanes of at least 4 members (excludes halogenated alkanes) is 3. The van der Waals surface area contributed by atoms with Crippen LogP contribution < -0.4 is 11.2 Å². The fourth-order valence-corrected chi connectivity index (χ4v) is 3.21. The van der Waals surface area contributed by atoms with Crippen molar-refractivity contribution in [2.75, 3.05) is 0 Å². The molecule has 22 heavy (non-hydrogen) atoms. The molecule has 0 unspecified atom stereocenters. The minimum absolute atomic E-state index is 0.257. The van der Waals surface area contributed by atoms with Crippen LogP contribution >= 0.6 is 0 Å². The summed E-state index contributed by atoms with van der Waals surface area (Å²) in [5.74, 6) is 0. The molecule has 0 saturated carbocycles. The molecule has 0 fully saturated rings. The van der Waals surface area contributed by atoms with Crippen molar-refractivity contribution in [3.8, 4) is 0 Å². The fourth-order valence-electron chi connectivity index (χ4n) is 3.21. The van der Waals surface area contributed by atoms with E-state index >= 15 is 0 Å². The molecule has 3 N–H and O–H groups in total. The van der Waals surface area contributed by atoms with Crippen LogP contribution in [0.15, 0.2) is 12.1 Å². The minimum atomic E-state index is -0.738. The topological polar surface area (TPSA) is 55.5 Å². The molecule has 0 amide bonds. The van der Waals surface area contributed by atoms with Crippen LogP contribution in [0.4, 0.5) is 0 Å². The van der Waals surface area contributed by atoms with Crippen molar-refractivity contribution in [3.63, 3.8) is 0 Å². The third kappa shape index (κ3) is 4.84. The van der Waals surface area contributed by atoms with E-state index in [9.17, 15) is 5.02 Å². The Kier molecular flexibility index (Phi) is 6.93. The normalized spacial score (nSPS) is 15.2. The standard InChI is InChI=1S/C18H30BNO2/c1-3-4-5-6-9-15-11-16(10-7-8-14(2)20)17-13-22-19(21)18(17)12-15/h11-12,14,21H,3-10,13,20H2,1-2H3/t14-/m0/s1. The summed E-state index contributed by atoms with van der Waals surface area (Å²) in [4.78, 5) is 0. The summed E-state index contributed by atoms with van der Waals surface area (Å²) in [5.41, 5.74) is 10.7. The van der Waals surface area contributed by atoms with Crippen molar-refractivity contribution in [1.82, 2.24) is 0 Å². The summed E-state index contributed by atoms with van der Waals surface area (Å²) in [5, 5.41) is 10.0. The van der Waals surface area contributed by atoms with Gasteiger partial charge in [0.2, 0.25) is 0 Å². The van der Waals surface area contributed by atoms with Gasteiger partial charge >= 0.3 is 7.12 Å². The molecular weight excluding hydrogens is 273 g/mol. The Hall–Kier alpha value is -0.835. The van der Waals surface area contributed by atoms with Gasteiger partial charge in [0, 0.05) is 6.04 Å². The molecule has 2 rings (SSSR count). The zero-order chi connectivity index (χ0) is 15.9. The van der Waals surface area contributed by atoms with E-state index in [1.54, 1.807) is 0 Å². The van der Waals surface area contributed by atoms with Crippen molar-refractivity contribution < 1.29 is 9.68 Å². The lowest BCUT2D eigenvalue weighted by Gasteiger charge is -2.12. The highest BCUT2D eigenvalue weighted by Crippen LogP contribution is 2.21. The first-order valence-electron chi connectivity index (χ1n) is 8.81. The predicted molar refractivity (Wildman–Crippen MR) is 93.3 cm³/mol. The molecule has 1 aromatic carbocycles. The van der Waals surface area contributed by atoms with Crippen LogP contribution in [0.3, 0.4) is 0 Å². The first kappa shape index (κ1) is 17.5. The van der Waals surface area contributed by atoms with E-state index in [1.165, 1.54) is 42.4 Å². The van der Waals surface area contributed by atoms with Gasteiger partial charge in [0.1, 0.15) is 0 Å². The lowest BCUT2D eigenvalue weighted by Crippen LogP contribution is -2.29. The Morgan fingerprint density at radius 3 is 2.77 bits per heavy atom. The molecule has 0 aliphatic carbocycles. The quantitative estimate of drug-likeness (QED) is 0.545. The Labute approximate surface area is 135 Å². The SMILES string of the molecule is CCCCCCc1cc(CCC[C@H](C)N)c2c(c1)B(O)OC2. The number of nitrogens with two attached hydrogens (primary N) is 1. The van der Waals surface area contributed by atoms with Gasteiger partial charge in [0.05, 0.1) is 6.61 Å². The molecule has 0 radical (unpaired) electrons. The maximum Gasteiger partial charge on any atom is 0.491 e. The molecule has 0 aromatic heterocycles. The second-order valence-electron chi connectivity index (χ2n) is 6.67. The lowest BCUT2D eigenvalue weighted by atomic mass is 9.76. The maximum atomic E-state index is 10.0. The molecule has 1 heterocycles. The molecule has 0 spiro atoms. The molecule has 0 saturated heterocycles. The average Bonchev–Trinajstić information content (AvgIpc) is 2.85. The minimum Gasteiger partial charge on any atom is -0.423 e. The van der Waals surface area contributed by atoms with E-state index in [1.807, 2.05) is 0 Å². The van der Waals surface area contributed by atoms with Gasteiger partial charge in [0.15, 0.2) is 0 Å². The van der Waals surface area contributed by atoms with Crippen LogP contribution in [-0.4, -0.2) is 18.2 Å². The molecule has 0 bridgehead atoms. The molecule has 3 nitrogen and oxygen atoms in total. The van der Waals surface area contributed by atoms with Crippen LogP contribution in [0.1, 0.15) is 69.1 Å². The predicted octanol–water partition coefficient (Wildman–Crippen LogP) is 2.70. The van der Waals surface area contributed by atoms with E-state index in [0.717, 1.165) is 31.1 Å². The summed E-state index contributed by atoms with van der Waals surface area (Å²) < 4.78 is 5.42. The van der Waals surface area contributed by atoms with Crippen molar-refractivity contribution in [3.05, 3.63) is 28.8 Å². The number of fused-ring (bicyclic) bond motifs is 1. The number of aryl methyl sites for hydroxylation is 2. The summed E-state index contributed by atoms with van der Waals surface area (Å²) in [6.45, 7) is 4.83. The van der Waals surface area contributed by atoms with Crippen LogP contribution in [0.5, 0.6) is 0 Å². The van der Waals surface area contributed by atoms with Gasteiger partial charge in [-0.1, -0.05) is 38.3 Å².